The summed E-state index contributed by atoms with van der Waals surface area (Å²) in [7, 11) is -4.31. The van der Waals surface area contributed by atoms with Crippen molar-refractivity contribution in [2.45, 2.75) is 45.6 Å². The summed E-state index contributed by atoms with van der Waals surface area (Å²) in [6.07, 6.45) is 0. The van der Waals surface area contributed by atoms with E-state index in [9.17, 15) is 14.4 Å². The Bertz CT molecular complexity index is 492. The molecule has 0 aliphatic carbocycles. The Balaban J connectivity index is 2.66. The summed E-state index contributed by atoms with van der Waals surface area (Å²) >= 11 is 0. The zero-order chi connectivity index (χ0) is 16.3. The Hall–Kier alpha value is -0.870. The van der Waals surface area contributed by atoms with Crippen LogP contribution in [0.1, 0.15) is 34.6 Å². The van der Waals surface area contributed by atoms with Gasteiger partial charge in [0.25, 0.3) is 0 Å². The Morgan fingerprint density at radius 1 is 1.14 bits per heavy atom. The largest absolute Gasteiger partial charge is 0.488 e. The molecule has 0 aliphatic heterocycles. The molecule has 21 heavy (non-hydrogen) atoms. The molecule has 1 unspecified atom stereocenters. The fourth-order valence-corrected chi connectivity index (χ4v) is 1.75. The molecule has 5 nitrogen and oxygen atoms in total. The number of benzene rings is 1. The first kappa shape index (κ1) is 18.2. The monoisotopic (exact) mass is 316 g/mol. The standard InChI is InChI=1S/C15H25O5P/c1-12(11-19-15(4,5)21(16,17)18)14(2,3)20-13-9-7-6-8-10-13/h6-10,12H,11H2,1-5H3,(H2,16,17,18). The molecule has 0 amide bonds. The van der Waals surface area contributed by atoms with Crippen LogP contribution < -0.4 is 4.74 Å². The van der Waals surface area contributed by atoms with Crippen molar-refractivity contribution in [3.63, 3.8) is 0 Å². The molecule has 0 radical (unpaired) electrons. The van der Waals surface area contributed by atoms with E-state index in [1.165, 1.54) is 13.8 Å². The van der Waals surface area contributed by atoms with E-state index in [1.54, 1.807) is 0 Å². The lowest BCUT2D eigenvalue weighted by Crippen LogP contribution is -2.40. The predicted octanol–water partition coefficient (Wildman–Crippen LogP) is 3.41. The Morgan fingerprint density at radius 3 is 2.14 bits per heavy atom. The normalized spacial score (nSPS) is 14.8. The molecule has 120 valence electrons. The van der Waals surface area contributed by atoms with Gasteiger partial charge in [-0.05, 0) is 39.8 Å². The zero-order valence-electron chi connectivity index (χ0n) is 13.2. The minimum atomic E-state index is -4.31. The summed E-state index contributed by atoms with van der Waals surface area (Å²) in [4.78, 5) is 18.5. The van der Waals surface area contributed by atoms with Gasteiger partial charge in [-0.15, -0.1) is 0 Å². The van der Waals surface area contributed by atoms with Gasteiger partial charge < -0.3 is 19.3 Å². The number of para-hydroxylation sites is 1. The lowest BCUT2D eigenvalue weighted by Gasteiger charge is -2.35. The lowest BCUT2D eigenvalue weighted by atomic mass is 9.93. The predicted molar refractivity (Wildman–Crippen MR) is 82.4 cm³/mol. The van der Waals surface area contributed by atoms with E-state index in [0.717, 1.165) is 5.75 Å². The van der Waals surface area contributed by atoms with Crippen molar-refractivity contribution in [3.05, 3.63) is 30.3 Å². The molecule has 0 saturated heterocycles. The molecule has 1 aromatic rings. The fraction of sp³-hybridized carbons (Fsp3) is 0.600. The summed E-state index contributed by atoms with van der Waals surface area (Å²) < 4.78 is 22.7. The summed E-state index contributed by atoms with van der Waals surface area (Å²) in [5.41, 5.74) is -0.521. The Morgan fingerprint density at radius 2 is 1.67 bits per heavy atom. The maximum absolute atomic E-state index is 11.3. The lowest BCUT2D eigenvalue weighted by molar-refractivity contribution is -0.0435. The Labute approximate surface area is 126 Å². The third-order valence-corrected chi connectivity index (χ3v) is 5.23. The summed E-state index contributed by atoms with van der Waals surface area (Å²) in [5.74, 6) is 0.701. The zero-order valence-corrected chi connectivity index (χ0v) is 14.1. The molecule has 6 heteroatoms. The highest BCUT2D eigenvalue weighted by molar-refractivity contribution is 7.53. The maximum Gasteiger partial charge on any atom is 0.356 e. The van der Waals surface area contributed by atoms with Crippen LogP contribution in [0, 0.1) is 5.92 Å². The van der Waals surface area contributed by atoms with Crippen LogP contribution in [0.25, 0.3) is 0 Å². The quantitative estimate of drug-likeness (QED) is 0.754. The second-order valence-electron chi connectivity index (χ2n) is 6.22. The van der Waals surface area contributed by atoms with E-state index in [2.05, 4.69) is 0 Å². The first-order valence-electron chi connectivity index (χ1n) is 6.89. The Kier molecular flexibility index (Phi) is 5.62. The van der Waals surface area contributed by atoms with E-state index in [4.69, 9.17) is 9.47 Å². The van der Waals surface area contributed by atoms with E-state index < -0.39 is 18.5 Å². The summed E-state index contributed by atoms with van der Waals surface area (Å²) in [5, 5.41) is -1.50. The third-order valence-electron chi connectivity index (χ3n) is 3.70. The van der Waals surface area contributed by atoms with Crippen molar-refractivity contribution in [2.24, 2.45) is 5.92 Å². The van der Waals surface area contributed by atoms with E-state index in [0.29, 0.717) is 0 Å². The molecule has 0 heterocycles. The third kappa shape index (κ3) is 5.11. The van der Waals surface area contributed by atoms with Crippen LogP contribution in [-0.4, -0.2) is 27.3 Å². The number of hydrogen-bond acceptors (Lipinski definition) is 3. The molecule has 1 rings (SSSR count). The fourth-order valence-electron chi connectivity index (χ4n) is 1.51. The van der Waals surface area contributed by atoms with Gasteiger partial charge in [-0.1, -0.05) is 25.1 Å². The minimum absolute atomic E-state index is 0.0523. The van der Waals surface area contributed by atoms with Gasteiger partial charge in [-0.25, -0.2) is 0 Å². The smallest absolute Gasteiger partial charge is 0.356 e. The first-order chi connectivity index (χ1) is 9.46. The van der Waals surface area contributed by atoms with Crippen molar-refractivity contribution >= 4 is 7.60 Å². The average molecular weight is 316 g/mol. The van der Waals surface area contributed by atoms with Gasteiger partial charge in [0.05, 0.1) is 6.61 Å². The molecule has 0 aromatic heterocycles. The van der Waals surface area contributed by atoms with Gasteiger partial charge in [0, 0.05) is 5.92 Å². The topological polar surface area (TPSA) is 76.0 Å². The van der Waals surface area contributed by atoms with Crippen molar-refractivity contribution < 1.29 is 23.8 Å². The molecule has 1 aromatic carbocycles. The van der Waals surface area contributed by atoms with E-state index >= 15 is 0 Å². The molecule has 0 saturated carbocycles. The van der Waals surface area contributed by atoms with Gasteiger partial charge in [0.15, 0.2) is 5.34 Å². The first-order valence-corrected chi connectivity index (χ1v) is 8.50. The number of rotatable bonds is 7. The van der Waals surface area contributed by atoms with Gasteiger partial charge in [0.2, 0.25) is 0 Å². The SMILES string of the molecule is CC(COC(C)(C)P(=O)(O)O)C(C)(C)Oc1ccccc1. The summed E-state index contributed by atoms with van der Waals surface area (Å²) in [6, 6.07) is 9.44. The highest BCUT2D eigenvalue weighted by Gasteiger charge is 2.40. The average Bonchev–Trinajstić information content (AvgIpc) is 2.35. The van der Waals surface area contributed by atoms with E-state index in [1.807, 2.05) is 51.1 Å². The summed E-state index contributed by atoms with van der Waals surface area (Å²) in [6.45, 7) is 8.77. The highest BCUT2D eigenvalue weighted by Crippen LogP contribution is 2.50. The molecule has 1 atom stereocenters. The molecule has 0 fully saturated rings. The number of ether oxygens (including phenoxy) is 2. The van der Waals surface area contributed by atoms with Crippen LogP contribution in [0.15, 0.2) is 30.3 Å². The van der Waals surface area contributed by atoms with Gasteiger partial charge in [0.1, 0.15) is 11.4 Å². The van der Waals surface area contributed by atoms with Crippen LogP contribution >= 0.6 is 7.60 Å². The van der Waals surface area contributed by atoms with Crippen LogP contribution in [0.5, 0.6) is 5.75 Å². The van der Waals surface area contributed by atoms with Gasteiger partial charge >= 0.3 is 7.60 Å². The molecule has 2 N–H and O–H groups in total. The van der Waals surface area contributed by atoms with Crippen LogP contribution in [0.3, 0.4) is 0 Å². The van der Waals surface area contributed by atoms with Crippen LogP contribution in [0.4, 0.5) is 0 Å². The van der Waals surface area contributed by atoms with Crippen molar-refractivity contribution in [1.82, 2.24) is 0 Å². The molecule has 0 aliphatic rings. The second kappa shape index (κ2) is 6.49. The minimum Gasteiger partial charge on any atom is -0.488 e. The van der Waals surface area contributed by atoms with Crippen molar-refractivity contribution in [1.29, 1.82) is 0 Å². The van der Waals surface area contributed by atoms with Crippen LogP contribution in [0.2, 0.25) is 0 Å². The molecular formula is C15H25O5P. The molecule has 0 spiro atoms. The van der Waals surface area contributed by atoms with E-state index in [-0.39, 0.29) is 12.5 Å². The van der Waals surface area contributed by atoms with Crippen molar-refractivity contribution in [2.75, 3.05) is 6.61 Å². The number of hydrogen-bond donors (Lipinski definition) is 2. The second-order valence-corrected chi connectivity index (χ2v) is 8.39. The molecular weight excluding hydrogens is 291 g/mol. The van der Waals surface area contributed by atoms with Crippen LogP contribution in [-0.2, 0) is 9.30 Å². The highest BCUT2D eigenvalue weighted by atomic mass is 31.2. The maximum atomic E-state index is 11.3. The molecule has 0 bridgehead atoms. The van der Waals surface area contributed by atoms with Gasteiger partial charge in [-0.3, -0.25) is 4.57 Å². The van der Waals surface area contributed by atoms with Gasteiger partial charge in [-0.2, -0.15) is 0 Å². The van der Waals surface area contributed by atoms with Crippen molar-refractivity contribution in [3.8, 4) is 5.75 Å².